The zero-order chi connectivity index (χ0) is 14.8. The van der Waals surface area contributed by atoms with Crippen LogP contribution in [0.15, 0.2) is 18.2 Å². The molecule has 0 aliphatic heterocycles. The first-order valence-corrected chi connectivity index (χ1v) is 6.54. The molecule has 1 fully saturated rings. The number of benzene rings is 1. The van der Waals surface area contributed by atoms with Crippen LogP contribution in [0, 0.1) is 11.2 Å². The van der Waals surface area contributed by atoms with Crippen molar-refractivity contribution in [3.8, 4) is 0 Å². The molecule has 0 unspecified atom stereocenters. The Labute approximate surface area is 114 Å². The molecule has 1 saturated carbocycles. The number of hydrogen-bond donors (Lipinski definition) is 2. The second kappa shape index (κ2) is 5.69. The van der Waals surface area contributed by atoms with E-state index in [0.717, 1.165) is 25.0 Å². The number of alkyl halides is 3. The molecular weight excluding hydrogens is 274 g/mol. The van der Waals surface area contributed by atoms with Gasteiger partial charge in [-0.15, -0.1) is 0 Å². The van der Waals surface area contributed by atoms with Crippen LogP contribution in [0.25, 0.3) is 0 Å². The summed E-state index contributed by atoms with van der Waals surface area (Å²) in [6, 6.07) is 2.72. The van der Waals surface area contributed by atoms with E-state index in [4.69, 9.17) is 5.11 Å². The summed E-state index contributed by atoms with van der Waals surface area (Å²) in [6.45, 7) is 0.705. The average Bonchev–Trinajstić information content (AvgIpc) is 3.10. The number of aliphatic hydroxyl groups is 1. The average molecular weight is 291 g/mol. The molecule has 0 radical (unpaired) electrons. The van der Waals surface area contributed by atoms with E-state index in [0.29, 0.717) is 19.0 Å². The largest absolute Gasteiger partial charge is 0.416 e. The van der Waals surface area contributed by atoms with E-state index in [2.05, 4.69) is 5.32 Å². The van der Waals surface area contributed by atoms with Gasteiger partial charge in [0.15, 0.2) is 0 Å². The fourth-order valence-electron chi connectivity index (χ4n) is 2.36. The molecule has 0 amide bonds. The summed E-state index contributed by atoms with van der Waals surface area (Å²) in [7, 11) is 0. The van der Waals surface area contributed by atoms with Gasteiger partial charge >= 0.3 is 6.18 Å². The lowest BCUT2D eigenvalue weighted by Crippen LogP contribution is -2.25. The van der Waals surface area contributed by atoms with E-state index >= 15 is 0 Å². The van der Waals surface area contributed by atoms with E-state index in [1.807, 2.05) is 0 Å². The Morgan fingerprint density at radius 3 is 2.50 bits per heavy atom. The predicted octanol–water partition coefficient (Wildman–Crippen LogP) is 3.10. The number of hydrogen-bond acceptors (Lipinski definition) is 2. The van der Waals surface area contributed by atoms with Crippen molar-refractivity contribution in [1.82, 2.24) is 5.32 Å². The number of halogens is 4. The van der Waals surface area contributed by atoms with E-state index in [1.165, 1.54) is 0 Å². The Morgan fingerprint density at radius 2 is 1.95 bits per heavy atom. The molecule has 1 aromatic rings. The van der Waals surface area contributed by atoms with Crippen molar-refractivity contribution in [2.75, 3.05) is 13.2 Å². The first kappa shape index (κ1) is 15.3. The van der Waals surface area contributed by atoms with Gasteiger partial charge in [0.05, 0.1) is 5.56 Å². The lowest BCUT2D eigenvalue weighted by atomic mass is 10.0. The molecule has 20 heavy (non-hydrogen) atoms. The molecule has 0 bridgehead atoms. The first-order valence-electron chi connectivity index (χ1n) is 6.54. The number of rotatable bonds is 6. The maximum atomic E-state index is 13.0. The maximum Gasteiger partial charge on any atom is 0.416 e. The smallest absolute Gasteiger partial charge is 0.396 e. The quantitative estimate of drug-likeness (QED) is 0.789. The molecule has 0 saturated heterocycles. The van der Waals surface area contributed by atoms with Crippen LogP contribution in [0.1, 0.15) is 30.4 Å². The molecule has 0 heterocycles. The van der Waals surface area contributed by atoms with Crippen molar-refractivity contribution in [1.29, 1.82) is 0 Å². The molecule has 0 spiro atoms. The predicted molar refractivity (Wildman–Crippen MR) is 66.5 cm³/mol. The minimum absolute atomic E-state index is 0.0349. The van der Waals surface area contributed by atoms with Crippen LogP contribution in [0.5, 0.6) is 0 Å². The molecular formula is C14H17F4NO. The van der Waals surface area contributed by atoms with E-state index in [-0.39, 0.29) is 24.1 Å². The third-order valence-corrected chi connectivity index (χ3v) is 3.79. The summed E-state index contributed by atoms with van der Waals surface area (Å²) >= 11 is 0. The lowest BCUT2D eigenvalue weighted by molar-refractivity contribution is -0.138. The van der Waals surface area contributed by atoms with Crippen molar-refractivity contribution in [2.24, 2.45) is 5.41 Å². The molecule has 2 rings (SSSR count). The summed E-state index contributed by atoms with van der Waals surface area (Å²) in [4.78, 5) is 0. The van der Waals surface area contributed by atoms with Crippen LogP contribution in [-0.2, 0) is 12.7 Å². The second-order valence-corrected chi connectivity index (χ2v) is 5.38. The highest BCUT2D eigenvalue weighted by Crippen LogP contribution is 2.48. The Balaban J connectivity index is 1.99. The fourth-order valence-corrected chi connectivity index (χ4v) is 2.36. The SMILES string of the molecule is OCCC1(CNCc2ccc(F)cc2C(F)(F)F)CC1. The van der Waals surface area contributed by atoms with E-state index < -0.39 is 17.6 Å². The summed E-state index contributed by atoms with van der Waals surface area (Å²) in [5, 5.41) is 11.9. The van der Waals surface area contributed by atoms with Gasteiger partial charge in [-0.1, -0.05) is 6.07 Å². The first-order chi connectivity index (χ1) is 9.36. The standard InChI is InChI=1S/C14H17F4NO/c15-11-2-1-10(12(7-11)14(16,17)18)8-19-9-13(3-4-13)5-6-20/h1-2,7,19-20H,3-6,8-9H2. The van der Waals surface area contributed by atoms with E-state index in [1.54, 1.807) is 0 Å². The van der Waals surface area contributed by atoms with Crippen LogP contribution in [0.4, 0.5) is 17.6 Å². The molecule has 0 atom stereocenters. The molecule has 112 valence electrons. The normalized spacial score (nSPS) is 17.2. The van der Waals surface area contributed by atoms with Gasteiger partial charge in [0.1, 0.15) is 5.82 Å². The van der Waals surface area contributed by atoms with Crippen LogP contribution in [-0.4, -0.2) is 18.3 Å². The highest BCUT2D eigenvalue weighted by molar-refractivity contribution is 5.30. The zero-order valence-corrected chi connectivity index (χ0v) is 10.9. The molecule has 6 heteroatoms. The van der Waals surface area contributed by atoms with Crippen LogP contribution in [0.3, 0.4) is 0 Å². The summed E-state index contributed by atoms with van der Waals surface area (Å²) in [5.74, 6) is -0.889. The Bertz CT molecular complexity index is 469. The second-order valence-electron chi connectivity index (χ2n) is 5.38. The number of nitrogens with one attached hydrogen (secondary N) is 1. The molecule has 1 aliphatic rings. The van der Waals surface area contributed by atoms with Gasteiger partial charge in [0, 0.05) is 19.7 Å². The minimum atomic E-state index is -4.55. The highest BCUT2D eigenvalue weighted by atomic mass is 19.4. The minimum Gasteiger partial charge on any atom is -0.396 e. The molecule has 1 aliphatic carbocycles. The topological polar surface area (TPSA) is 32.3 Å². The zero-order valence-electron chi connectivity index (χ0n) is 10.9. The number of aliphatic hydroxyl groups excluding tert-OH is 1. The summed E-state index contributed by atoms with van der Waals surface area (Å²) in [5.41, 5.74) is -0.858. The summed E-state index contributed by atoms with van der Waals surface area (Å²) < 4.78 is 51.3. The molecule has 1 aromatic carbocycles. The third-order valence-electron chi connectivity index (χ3n) is 3.79. The van der Waals surface area contributed by atoms with Crippen molar-refractivity contribution >= 4 is 0 Å². The van der Waals surface area contributed by atoms with Gasteiger partial charge in [-0.05, 0) is 42.4 Å². The fraction of sp³-hybridized carbons (Fsp3) is 0.571. The Morgan fingerprint density at radius 1 is 1.25 bits per heavy atom. The summed E-state index contributed by atoms with van der Waals surface area (Å²) in [6.07, 6.45) is -1.93. The van der Waals surface area contributed by atoms with Gasteiger partial charge in [-0.25, -0.2) is 4.39 Å². The third kappa shape index (κ3) is 3.70. The van der Waals surface area contributed by atoms with Crippen LogP contribution < -0.4 is 5.32 Å². The van der Waals surface area contributed by atoms with Crippen LogP contribution >= 0.6 is 0 Å². The van der Waals surface area contributed by atoms with Crippen molar-refractivity contribution in [3.05, 3.63) is 35.1 Å². The van der Waals surface area contributed by atoms with Crippen molar-refractivity contribution < 1.29 is 22.7 Å². The van der Waals surface area contributed by atoms with Gasteiger partial charge < -0.3 is 10.4 Å². The molecule has 2 N–H and O–H groups in total. The van der Waals surface area contributed by atoms with Crippen LogP contribution in [0.2, 0.25) is 0 Å². The van der Waals surface area contributed by atoms with Gasteiger partial charge in [0.2, 0.25) is 0 Å². The monoisotopic (exact) mass is 291 g/mol. The van der Waals surface area contributed by atoms with Crippen molar-refractivity contribution in [3.63, 3.8) is 0 Å². The van der Waals surface area contributed by atoms with Crippen molar-refractivity contribution in [2.45, 2.75) is 32.0 Å². The van der Waals surface area contributed by atoms with Gasteiger partial charge in [-0.3, -0.25) is 0 Å². The van der Waals surface area contributed by atoms with Gasteiger partial charge in [-0.2, -0.15) is 13.2 Å². The molecule has 2 nitrogen and oxygen atoms in total. The Kier molecular flexibility index (Phi) is 4.34. The molecule has 0 aromatic heterocycles. The van der Waals surface area contributed by atoms with Gasteiger partial charge in [0.25, 0.3) is 0 Å². The maximum absolute atomic E-state index is 13.0. The highest BCUT2D eigenvalue weighted by Gasteiger charge is 2.41. The lowest BCUT2D eigenvalue weighted by Gasteiger charge is -2.17. The van der Waals surface area contributed by atoms with E-state index in [9.17, 15) is 17.6 Å². The Hall–Kier alpha value is -1.14.